The molecule has 0 radical (unpaired) electrons. The molecule has 2 aromatic carbocycles. The summed E-state index contributed by atoms with van der Waals surface area (Å²) in [5.74, 6) is -0.541. The number of rotatable bonds is 8. The first-order valence-corrected chi connectivity index (χ1v) is 12.8. The number of para-hydroxylation sites is 1. The Balaban J connectivity index is 1.85. The predicted octanol–water partition coefficient (Wildman–Crippen LogP) is 6.07. The number of hydrogen-bond donors (Lipinski definition) is 1. The predicted molar refractivity (Wildman–Crippen MR) is 138 cm³/mol. The topological polar surface area (TPSA) is 80.2 Å². The molecular weight excluding hydrogens is 519 g/mol. The Morgan fingerprint density at radius 1 is 1.11 bits per heavy atom. The van der Waals surface area contributed by atoms with E-state index in [0.29, 0.717) is 29.3 Å². The molecule has 2 aliphatic rings. The van der Waals surface area contributed by atoms with Crippen molar-refractivity contribution in [2.24, 2.45) is 4.99 Å². The number of benzene rings is 2. The van der Waals surface area contributed by atoms with Gasteiger partial charge in [-0.25, -0.2) is 9.79 Å². The van der Waals surface area contributed by atoms with Gasteiger partial charge in [-0.15, -0.1) is 0 Å². The largest absolute Gasteiger partial charge is 0.459 e. The van der Waals surface area contributed by atoms with Crippen LogP contribution >= 0.6 is 11.8 Å². The summed E-state index contributed by atoms with van der Waals surface area (Å²) in [6.07, 6.45) is -5.70. The minimum absolute atomic E-state index is 0.0112. The van der Waals surface area contributed by atoms with Crippen molar-refractivity contribution in [3.63, 3.8) is 0 Å². The van der Waals surface area contributed by atoms with Gasteiger partial charge >= 0.3 is 12.1 Å². The highest BCUT2D eigenvalue weighted by atomic mass is 32.2. The van der Waals surface area contributed by atoms with Crippen LogP contribution in [0.1, 0.15) is 38.8 Å². The number of fused-ring (bicyclic) bond motifs is 1. The van der Waals surface area contributed by atoms with Crippen LogP contribution in [0.15, 0.2) is 82.0 Å². The molecule has 2 aromatic rings. The average molecular weight is 546 g/mol. The summed E-state index contributed by atoms with van der Waals surface area (Å²) in [5.41, 5.74) is -1.23. The monoisotopic (exact) mass is 545 g/mol. The maximum absolute atomic E-state index is 14.3. The lowest BCUT2D eigenvalue weighted by Gasteiger charge is -2.37. The second-order valence-electron chi connectivity index (χ2n) is 8.73. The summed E-state index contributed by atoms with van der Waals surface area (Å²) in [5, 5.41) is 4.28. The first-order chi connectivity index (χ1) is 18.1. The van der Waals surface area contributed by atoms with E-state index in [4.69, 9.17) is 9.47 Å². The molecule has 0 saturated carbocycles. The van der Waals surface area contributed by atoms with Gasteiger partial charge in [-0.05, 0) is 56.0 Å². The van der Waals surface area contributed by atoms with E-state index in [1.165, 1.54) is 4.90 Å². The second-order valence-corrected chi connectivity index (χ2v) is 9.56. The highest BCUT2D eigenvalue weighted by Crippen LogP contribution is 2.48. The van der Waals surface area contributed by atoms with Crippen molar-refractivity contribution >= 4 is 28.8 Å². The van der Waals surface area contributed by atoms with Crippen LogP contribution in [-0.4, -0.2) is 40.8 Å². The summed E-state index contributed by atoms with van der Waals surface area (Å²) in [7, 11) is 0. The fourth-order valence-electron chi connectivity index (χ4n) is 4.07. The Hall–Kier alpha value is -3.73. The van der Waals surface area contributed by atoms with Gasteiger partial charge < -0.3 is 19.7 Å². The molecule has 1 amide bonds. The molecule has 4 rings (SSSR count). The van der Waals surface area contributed by atoms with E-state index in [-0.39, 0.29) is 17.5 Å². The van der Waals surface area contributed by atoms with E-state index in [1.807, 2.05) is 6.07 Å². The molecule has 1 unspecified atom stereocenters. The van der Waals surface area contributed by atoms with Gasteiger partial charge in [0.15, 0.2) is 10.9 Å². The van der Waals surface area contributed by atoms with Crippen LogP contribution < -0.4 is 10.1 Å². The normalized spacial score (nSPS) is 17.1. The number of allylic oxidation sites excluding steroid dienone is 1. The van der Waals surface area contributed by atoms with E-state index < -0.39 is 35.6 Å². The zero-order chi connectivity index (χ0) is 27.4. The molecule has 2 aliphatic heterocycles. The molecule has 1 N–H and O–H groups in total. The van der Waals surface area contributed by atoms with Crippen LogP contribution in [0.2, 0.25) is 0 Å². The van der Waals surface area contributed by atoms with E-state index >= 15 is 0 Å². The number of hydrogen-bond acceptors (Lipinski definition) is 7. The van der Waals surface area contributed by atoms with Gasteiger partial charge in [0.2, 0.25) is 5.91 Å². The Morgan fingerprint density at radius 2 is 1.82 bits per heavy atom. The van der Waals surface area contributed by atoms with Gasteiger partial charge in [-0.2, -0.15) is 13.2 Å². The van der Waals surface area contributed by atoms with Crippen molar-refractivity contribution in [3.05, 3.63) is 82.5 Å². The van der Waals surface area contributed by atoms with E-state index in [2.05, 4.69) is 10.3 Å². The molecule has 0 saturated heterocycles. The highest BCUT2D eigenvalue weighted by molar-refractivity contribution is 8.16. The number of esters is 1. The van der Waals surface area contributed by atoms with Crippen molar-refractivity contribution < 1.29 is 32.2 Å². The quantitative estimate of drug-likeness (QED) is 0.406. The molecule has 200 valence electrons. The first-order valence-electron chi connectivity index (χ1n) is 11.9. The molecule has 38 heavy (non-hydrogen) atoms. The fraction of sp³-hybridized carbons (Fsp3) is 0.296. The number of amidine groups is 1. The molecule has 0 bridgehead atoms. The first kappa shape index (κ1) is 27.3. The smallest absolute Gasteiger partial charge is 0.434 e. The lowest BCUT2D eigenvalue weighted by molar-refractivity contribution is -0.145. The molecule has 11 heteroatoms. The number of ether oxygens (including phenoxy) is 2. The van der Waals surface area contributed by atoms with Gasteiger partial charge in [0.05, 0.1) is 24.1 Å². The lowest BCUT2D eigenvalue weighted by Crippen LogP contribution is -2.40. The van der Waals surface area contributed by atoms with Gasteiger partial charge in [0.1, 0.15) is 11.5 Å². The Kier molecular flexibility index (Phi) is 8.15. The molecule has 0 fully saturated rings. The Morgan fingerprint density at radius 3 is 2.47 bits per heavy atom. The minimum Gasteiger partial charge on any atom is -0.459 e. The maximum Gasteiger partial charge on any atom is 0.434 e. The van der Waals surface area contributed by atoms with Crippen LogP contribution in [0.25, 0.3) is 0 Å². The molecule has 2 heterocycles. The number of alkyl halides is 3. The summed E-state index contributed by atoms with van der Waals surface area (Å²) >= 11 is 0.964. The fourth-order valence-corrected chi connectivity index (χ4v) is 4.99. The molecule has 0 spiro atoms. The lowest BCUT2D eigenvalue weighted by atomic mass is 9.93. The van der Waals surface area contributed by atoms with Gasteiger partial charge in [0, 0.05) is 12.2 Å². The standard InChI is InChI=1S/C27H26F3N3O4S/c1-4-31-21(34)14-18-15-38-26-32-24(27(28,29)30)22(25(35)36-16(2)3)23(33(18)26)17-9-8-12-20(13-17)37-19-10-6-5-7-11-19/h5-13,15-16,23H,4,14H2,1-3H3,(H,31,34). The van der Waals surface area contributed by atoms with Crippen molar-refractivity contribution in [2.75, 3.05) is 6.54 Å². The Labute approximate surface area is 222 Å². The highest BCUT2D eigenvalue weighted by Gasteiger charge is 2.49. The number of aliphatic imine (C=N–C) groups is 1. The Bertz CT molecular complexity index is 1310. The summed E-state index contributed by atoms with van der Waals surface area (Å²) < 4.78 is 54.1. The van der Waals surface area contributed by atoms with Gasteiger partial charge in [0.25, 0.3) is 0 Å². The zero-order valence-corrected chi connectivity index (χ0v) is 21.7. The number of halogens is 3. The van der Waals surface area contributed by atoms with E-state index in [9.17, 15) is 22.8 Å². The number of carbonyl (C=O) groups is 2. The minimum atomic E-state index is -4.93. The summed E-state index contributed by atoms with van der Waals surface area (Å²) in [4.78, 5) is 31.0. The summed E-state index contributed by atoms with van der Waals surface area (Å²) in [6, 6.07) is 14.1. The molecule has 1 atom stereocenters. The van der Waals surface area contributed by atoms with E-state index in [0.717, 1.165) is 11.8 Å². The third-order valence-corrected chi connectivity index (χ3v) is 6.40. The second kappa shape index (κ2) is 11.3. The SMILES string of the molecule is CCNC(=O)CC1=CSC2=NC(C(F)(F)F)=C(C(=O)OC(C)C)C(c3cccc(Oc4ccccc4)c3)N12. The molecular formula is C27H26F3N3O4S. The van der Waals surface area contributed by atoms with E-state index in [1.54, 1.807) is 74.7 Å². The van der Waals surface area contributed by atoms with Crippen molar-refractivity contribution in [1.29, 1.82) is 0 Å². The maximum atomic E-state index is 14.3. The third kappa shape index (κ3) is 6.04. The number of nitrogens with zero attached hydrogens (tertiary/aromatic N) is 2. The molecule has 0 aromatic heterocycles. The average Bonchev–Trinajstić information content (AvgIpc) is 3.25. The van der Waals surface area contributed by atoms with Gasteiger partial charge in [-0.1, -0.05) is 42.1 Å². The molecule has 0 aliphatic carbocycles. The van der Waals surface area contributed by atoms with Gasteiger partial charge in [-0.3, -0.25) is 4.79 Å². The van der Waals surface area contributed by atoms with Crippen LogP contribution in [-0.2, 0) is 14.3 Å². The van der Waals surface area contributed by atoms with Crippen molar-refractivity contribution in [1.82, 2.24) is 10.2 Å². The number of nitrogens with one attached hydrogen (secondary N) is 1. The number of thioether (sulfide) groups is 1. The number of amides is 1. The van der Waals surface area contributed by atoms with Crippen molar-refractivity contribution in [3.8, 4) is 11.5 Å². The number of carbonyl (C=O) groups excluding carboxylic acids is 2. The van der Waals surface area contributed by atoms with Crippen LogP contribution in [0.5, 0.6) is 11.5 Å². The zero-order valence-electron chi connectivity index (χ0n) is 20.9. The van der Waals surface area contributed by atoms with Crippen LogP contribution in [0.3, 0.4) is 0 Å². The van der Waals surface area contributed by atoms with Crippen molar-refractivity contribution in [2.45, 2.75) is 45.5 Å². The third-order valence-electron chi connectivity index (χ3n) is 5.51. The summed E-state index contributed by atoms with van der Waals surface area (Å²) in [6.45, 7) is 5.27. The molecule has 7 nitrogen and oxygen atoms in total. The van der Waals surface area contributed by atoms with Crippen LogP contribution in [0.4, 0.5) is 13.2 Å². The van der Waals surface area contributed by atoms with Crippen LogP contribution in [0, 0.1) is 0 Å².